The summed E-state index contributed by atoms with van der Waals surface area (Å²) in [6.07, 6.45) is 2.01. The summed E-state index contributed by atoms with van der Waals surface area (Å²) in [7, 11) is -2.84. The van der Waals surface area contributed by atoms with E-state index in [0.29, 0.717) is 47.2 Å². The minimum Gasteiger partial charge on any atom is -0.495 e. The lowest BCUT2D eigenvalue weighted by molar-refractivity contribution is -0.161. The average Bonchev–Trinajstić information content (AvgIpc) is 3.94. The maximum atomic E-state index is 14.6. The first kappa shape index (κ1) is 39.7. The number of aromatic nitrogens is 1. The molecule has 2 amide bonds. The smallest absolute Gasteiger partial charge is 0.362 e. The Morgan fingerprint density at radius 1 is 1.06 bits per heavy atom. The first-order chi connectivity index (χ1) is 24.2. The van der Waals surface area contributed by atoms with Crippen LogP contribution in [0.15, 0.2) is 24.4 Å². The van der Waals surface area contributed by atoms with Crippen molar-refractivity contribution in [1.82, 2.24) is 14.6 Å². The van der Waals surface area contributed by atoms with E-state index >= 15 is 0 Å². The van der Waals surface area contributed by atoms with Crippen LogP contribution in [0.3, 0.4) is 0 Å². The molecular formula is C37H50ClN3O10S. The third-order valence-electron chi connectivity index (χ3n) is 10.0. The largest absolute Gasteiger partial charge is 0.495 e. The molecular weight excluding hydrogens is 714 g/mol. The predicted molar refractivity (Wildman–Crippen MR) is 193 cm³/mol. The van der Waals surface area contributed by atoms with Crippen molar-refractivity contribution in [1.29, 1.82) is 0 Å². The van der Waals surface area contributed by atoms with Crippen LogP contribution in [0, 0.1) is 22.7 Å². The predicted octanol–water partition coefficient (Wildman–Crippen LogP) is 5.55. The average molecular weight is 764 g/mol. The molecule has 2 aromatic rings. The monoisotopic (exact) mass is 763 g/mol. The number of Topliss-reactive ketones (excluding diaryl/α,β-unsaturated/α-hetero) is 1. The zero-order chi connectivity index (χ0) is 38.4. The highest BCUT2D eigenvalue weighted by molar-refractivity contribution is 7.85. The van der Waals surface area contributed by atoms with Crippen LogP contribution in [0.5, 0.6) is 11.6 Å². The number of fused-ring (bicyclic) bond motifs is 1. The number of hydrogen-bond donors (Lipinski definition) is 1. The van der Waals surface area contributed by atoms with E-state index < -0.39 is 74.5 Å². The van der Waals surface area contributed by atoms with Crippen LogP contribution >= 0.6 is 11.6 Å². The van der Waals surface area contributed by atoms with Gasteiger partial charge in [0.15, 0.2) is 5.78 Å². The molecule has 13 nitrogen and oxygen atoms in total. The zero-order valence-corrected chi connectivity index (χ0v) is 32.7. The summed E-state index contributed by atoms with van der Waals surface area (Å²) >= 11 is 6.58. The van der Waals surface area contributed by atoms with Crippen molar-refractivity contribution < 1.29 is 46.0 Å². The summed E-state index contributed by atoms with van der Waals surface area (Å²) in [4.78, 5) is 61.4. The Morgan fingerprint density at radius 2 is 1.75 bits per heavy atom. The Bertz CT molecular complexity index is 1830. The number of halogens is 1. The molecule has 3 fully saturated rings. The molecule has 0 radical (unpaired) electrons. The lowest BCUT2D eigenvalue weighted by Crippen LogP contribution is -2.48. The van der Waals surface area contributed by atoms with Gasteiger partial charge in [0.1, 0.15) is 17.5 Å². The summed E-state index contributed by atoms with van der Waals surface area (Å²) in [5, 5.41) is 1.62. The number of likely N-dealkylation sites (tertiary alicyclic amines) is 1. The van der Waals surface area contributed by atoms with Gasteiger partial charge in [-0.3, -0.25) is 23.4 Å². The number of methoxy groups -OCH3 is 1. The van der Waals surface area contributed by atoms with Crippen LogP contribution in [0.4, 0.5) is 0 Å². The van der Waals surface area contributed by atoms with Crippen molar-refractivity contribution in [2.24, 2.45) is 22.7 Å². The van der Waals surface area contributed by atoms with Crippen molar-refractivity contribution in [3.05, 3.63) is 29.4 Å². The summed E-state index contributed by atoms with van der Waals surface area (Å²) in [6.45, 7) is 12.7. The van der Waals surface area contributed by atoms with Gasteiger partial charge >= 0.3 is 16.3 Å². The minimum atomic E-state index is -4.36. The normalized spacial score (nSPS) is 23.9. The van der Waals surface area contributed by atoms with Gasteiger partial charge in [-0.2, -0.15) is 8.42 Å². The summed E-state index contributed by atoms with van der Waals surface area (Å²) < 4.78 is 49.6. The third kappa shape index (κ3) is 8.99. The SMILES string of the molecule is CC[C@@H]1C[C@]1(CC(=O)[C@@H]1C[C@@H](Oc2nccc3c(Cl)c(OC)ccc23)CN1C(=O)[C@@H](CC(=O)OC(C)(C)C)C(C)(C)C)C(=O)NS(=O)(=O)OC1CC1. The van der Waals surface area contributed by atoms with Crippen LogP contribution in [0.2, 0.25) is 5.02 Å². The number of nitrogens with one attached hydrogen (secondary N) is 1. The van der Waals surface area contributed by atoms with E-state index in [2.05, 4.69) is 4.98 Å². The van der Waals surface area contributed by atoms with E-state index in [-0.39, 0.29) is 37.6 Å². The molecule has 1 aromatic carbocycles. The number of amides is 2. The van der Waals surface area contributed by atoms with Crippen molar-refractivity contribution in [2.75, 3.05) is 13.7 Å². The number of pyridine rings is 1. The molecule has 1 aromatic heterocycles. The number of carbonyl (C=O) groups is 4. The molecule has 0 spiro atoms. The van der Waals surface area contributed by atoms with Crippen LogP contribution < -0.4 is 14.2 Å². The number of rotatable bonds is 14. The molecule has 2 saturated carbocycles. The van der Waals surface area contributed by atoms with Gasteiger partial charge in [0.05, 0.1) is 48.6 Å². The fourth-order valence-electron chi connectivity index (χ4n) is 7.03. The lowest BCUT2D eigenvalue weighted by Gasteiger charge is -2.35. The number of carbonyl (C=O) groups excluding carboxylic acids is 4. The molecule has 2 aliphatic carbocycles. The molecule has 15 heteroatoms. The van der Waals surface area contributed by atoms with E-state index in [1.807, 2.05) is 32.4 Å². The summed E-state index contributed by atoms with van der Waals surface area (Å²) in [5.74, 6) is -2.54. The van der Waals surface area contributed by atoms with Gasteiger partial charge in [-0.15, -0.1) is 0 Å². The Labute approximate surface area is 310 Å². The number of hydrogen-bond acceptors (Lipinski definition) is 11. The van der Waals surface area contributed by atoms with Crippen molar-refractivity contribution in [3.63, 3.8) is 0 Å². The highest BCUT2D eigenvalue weighted by Gasteiger charge is 2.61. The molecule has 5 rings (SSSR count). The van der Waals surface area contributed by atoms with Gasteiger partial charge < -0.3 is 19.1 Å². The van der Waals surface area contributed by atoms with Gasteiger partial charge in [0.25, 0.3) is 0 Å². The summed E-state index contributed by atoms with van der Waals surface area (Å²) in [6, 6.07) is 4.16. The molecule has 2 heterocycles. The van der Waals surface area contributed by atoms with Crippen LogP contribution in [0.25, 0.3) is 10.8 Å². The van der Waals surface area contributed by atoms with Gasteiger partial charge in [0.2, 0.25) is 17.7 Å². The second-order valence-electron chi connectivity index (χ2n) is 16.3. The molecule has 3 aliphatic rings. The standard InChI is InChI=1S/C37H50ClN3O10S/c1-9-21-18-37(21,34(45)40-52(46,47)51-22-10-11-22)19-28(42)27-16-23(49-32-25-12-13-29(48-8)31(38)24(25)14-15-39-32)20-41(27)33(44)26(35(2,3)4)17-30(43)50-36(5,6)7/h12-15,21-23,26-27H,9-11,16-20H2,1-8H3,(H,40,45)/t21-,23-,26-,27+,37-/m1/s1. The first-order valence-electron chi connectivity index (χ1n) is 17.8. The quantitative estimate of drug-likeness (QED) is 0.240. The van der Waals surface area contributed by atoms with Crippen LogP contribution in [0.1, 0.15) is 93.4 Å². The molecule has 1 N–H and O–H groups in total. The molecule has 52 heavy (non-hydrogen) atoms. The third-order valence-corrected chi connectivity index (χ3v) is 11.4. The molecule has 0 bridgehead atoms. The molecule has 1 aliphatic heterocycles. The van der Waals surface area contributed by atoms with Crippen LogP contribution in [-0.2, 0) is 38.4 Å². The van der Waals surface area contributed by atoms with E-state index in [9.17, 15) is 27.6 Å². The number of ketones is 1. The van der Waals surface area contributed by atoms with Gasteiger partial charge in [0, 0.05) is 29.8 Å². The van der Waals surface area contributed by atoms with Gasteiger partial charge in [-0.05, 0) is 69.6 Å². The minimum absolute atomic E-state index is 0.00188. The Balaban J connectivity index is 1.45. The Kier molecular flexibility index (Phi) is 11.3. The van der Waals surface area contributed by atoms with E-state index in [1.54, 1.807) is 45.2 Å². The summed E-state index contributed by atoms with van der Waals surface area (Å²) in [5.41, 5.74) is -2.74. The second-order valence-corrected chi connectivity index (χ2v) is 18.0. The second kappa shape index (κ2) is 14.7. The molecule has 286 valence electrons. The van der Waals surface area contributed by atoms with Crippen molar-refractivity contribution in [3.8, 4) is 11.6 Å². The van der Waals surface area contributed by atoms with E-state index in [4.69, 9.17) is 30.0 Å². The van der Waals surface area contributed by atoms with Gasteiger partial charge in [-0.1, -0.05) is 45.7 Å². The number of esters is 1. The van der Waals surface area contributed by atoms with Crippen molar-refractivity contribution in [2.45, 2.75) is 117 Å². The molecule has 0 unspecified atom stereocenters. The molecule has 5 atom stereocenters. The van der Waals surface area contributed by atoms with E-state index in [0.717, 1.165) is 0 Å². The van der Waals surface area contributed by atoms with Crippen molar-refractivity contribution >= 4 is 56.2 Å². The topological polar surface area (TPSA) is 168 Å². The maximum Gasteiger partial charge on any atom is 0.362 e. The Hall–Kier alpha value is -3.49. The molecule has 1 saturated heterocycles. The maximum absolute atomic E-state index is 14.6. The highest BCUT2D eigenvalue weighted by Crippen LogP contribution is 2.58. The zero-order valence-electron chi connectivity index (χ0n) is 31.1. The lowest BCUT2D eigenvalue weighted by atomic mass is 9.77. The van der Waals surface area contributed by atoms with Gasteiger partial charge in [-0.25, -0.2) is 9.71 Å². The Morgan fingerprint density at radius 3 is 2.33 bits per heavy atom. The van der Waals surface area contributed by atoms with Crippen LogP contribution in [-0.4, -0.2) is 79.4 Å². The fourth-order valence-corrected chi connectivity index (χ4v) is 8.36. The number of benzene rings is 1. The highest BCUT2D eigenvalue weighted by atomic mass is 35.5. The number of nitrogens with zero attached hydrogens (tertiary/aromatic N) is 2. The number of ether oxygens (including phenoxy) is 3. The van der Waals surface area contributed by atoms with E-state index in [1.165, 1.54) is 12.0 Å². The fraction of sp³-hybridized carbons (Fsp3) is 0.649. The first-order valence-corrected chi connectivity index (χ1v) is 19.5.